The number of aromatic nitrogens is 2. The van der Waals surface area contributed by atoms with Gasteiger partial charge in [0.15, 0.2) is 0 Å². The quantitative estimate of drug-likeness (QED) is 0.325. The molecule has 38 heavy (non-hydrogen) atoms. The van der Waals surface area contributed by atoms with Crippen molar-refractivity contribution < 1.29 is 19.4 Å². The fourth-order valence-corrected chi connectivity index (χ4v) is 6.12. The Balaban J connectivity index is 1.32. The van der Waals surface area contributed by atoms with E-state index in [9.17, 15) is 9.59 Å². The number of hydrogen-bond acceptors (Lipinski definition) is 6. The van der Waals surface area contributed by atoms with Crippen LogP contribution in [0, 0.1) is 17.8 Å². The highest BCUT2D eigenvalue weighted by molar-refractivity contribution is 6.01. The highest BCUT2D eigenvalue weighted by Crippen LogP contribution is 2.39. The molecule has 1 aromatic heterocycles. The van der Waals surface area contributed by atoms with Gasteiger partial charge >= 0.3 is 5.97 Å². The molecular weight excluding hydrogens is 480 g/mol. The Kier molecular flexibility index (Phi) is 10.2. The third kappa shape index (κ3) is 7.35. The first kappa shape index (κ1) is 28.1. The number of hydrogen-bond donors (Lipinski definition) is 2. The van der Waals surface area contributed by atoms with E-state index in [0.29, 0.717) is 42.6 Å². The van der Waals surface area contributed by atoms with Gasteiger partial charge in [0.2, 0.25) is 5.88 Å². The number of allylic oxidation sites excluding steroid dienone is 3. The lowest BCUT2D eigenvalue weighted by Gasteiger charge is -2.33. The highest BCUT2D eigenvalue weighted by Gasteiger charge is 2.32. The van der Waals surface area contributed by atoms with E-state index in [0.717, 1.165) is 57.1 Å². The zero-order chi connectivity index (χ0) is 26.9. The van der Waals surface area contributed by atoms with Crippen molar-refractivity contribution in [2.24, 2.45) is 17.8 Å². The molecule has 1 unspecified atom stereocenters. The molecular formula is C30H44N4O4. The van der Waals surface area contributed by atoms with Gasteiger partial charge in [-0.1, -0.05) is 57.6 Å². The highest BCUT2D eigenvalue weighted by atomic mass is 16.5. The third-order valence-electron chi connectivity index (χ3n) is 8.35. The molecule has 1 atom stereocenters. The Bertz CT molecular complexity index is 1030. The second-order valence-electron chi connectivity index (χ2n) is 11.1. The van der Waals surface area contributed by atoms with E-state index in [1.807, 2.05) is 6.08 Å². The van der Waals surface area contributed by atoms with E-state index in [1.165, 1.54) is 32.1 Å². The fraction of sp³-hybridized carbons (Fsp3) is 0.667. The van der Waals surface area contributed by atoms with Crippen molar-refractivity contribution in [1.82, 2.24) is 14.9 Å². The van der Waals surface area contributed by atoms with Crippen molar-refractivity contribution in [3.05, 3.63) is 35.3 Å². The van der Waals surface area contributed by atoms with Gasteiger partial charge in [-0.2, -0.15) is 4.98 Å². The standard InChI is InChI=1S/C30H44N4O4/c1-2-3-4-5-6-7-8-9-25-32-28(31)27-29(33-25)38-19-18-34(30(27)37)24-16-14-23(15-17-24)22-12-10-21(11-13-22)20-26(35)36/h14,16-17,21-23H,2-13,15,18-20H2,1H3,(H,35,36)(H2,31,32,33)/t21-,22-,23?. The number of ether oxygens (including phenoxy) is 1. The van der Waals surface area contributed by atoms with Crippen molar-refractivity contribution in [3.8, 4) is 5.88 Å². The van der Waals surface area contributed by atoms with E-state index in [4.69, 9.17) is 15.6 Å². The van der Waals surface area contributed by atoms with Crippen LogP contribution < -0.4 is 10.5 Å². The maximum Gasteiger partial charge on any atom is 0.303 e. The molecule has 2 aliphatic carbocycles. The molecule has 1 aliphatic heterocycles. The predicted molar refractivity (Wildman–Crippen MR) is 148 cm³/mol. The number of rotatable bonds is 12. The van der Waals surface area contributed by atoms with E-state index in [2.05, 4.69) is 29.0 Å². The number of carboxylic acid groups (broad SMARTS) is 1. The van der Waals surface area contributed by atoms with Crippen LogP contribution in [0.5, 0.6) is 5.88 Å². The van der Waals surface area contributed by atoms with Gasteiger partial charge in [0.1, 0.15) is 23.8 Å². The number of aryl methyl sites for hydroxylation is 1. The van der Waals surface area contributed by atoms with Gasteiger partial charge in [-0.05, 0) is 62.4 Å². The van der Waals surface area contributed by atoms with Gasteiger partial charge in [0, 0.05) is 18.5 Å². The molecule has 4 rings (SSSR count). The molecule has 0 aromatic carbocycles. The Hall–Kier alpha value is -2.90. The van der Waals surface area contributed by atoms with Crippen LogP contribution in [-0.2, 0) is 11.2 Å². The summed E-state index contributed by atoms with van der Waals surface area (Å²) < 4.78 is 5.90. The molecule has 0 radical (unpaired) electrons. The molecule has 1 aromatic rings. The summed E-state index contributed by atoms with van der Waals surface area (Å²) in [7, 11) is 0. The maximum absolute atomic E-state index is 13.5. The van der Waals surface area contributed by atoms with E-state index >= 15 is 0 Å². The predicted octanol–water partition coefficient (Wildman–Crippen LogP) is 5.93. The van der Waals surface area contributed by atoms with Gasteiger partial charge in [-0.3, -0.25) is 9.59 Å². The van der Waals surface area contributed by atoms with Gasteiger partial charge in [-0.15, -0.1) is 0 Å². The zero-order valence-corrected chi connectivity index (χ0v) is 22.9. The molecule has 8 nitrogen and oxygen atoms in total. The van der Waals surface area contributed by atoms with Gasteiger partial charge in [0.05, 0.1) is 6.54 Å². The monoisotopic (exact) mass is 524 g/mol. The number of carbonyl (C=O) groups is 2. The molecule has 2 heterocycles. The van der Waals surface area contributed by atoms with Gasteiger partial charge in [0.25, 0.3) is 5.91 Å². The average molecular weight is 525 g/mol. The minimum Gasteiger partial charge on any atom is -0.481 e. The summed E-state index contributed by atoms with van der Waals surface area (Å²) in [6.07, 6.45) is 20.9. The number of nitrogen functional groups attached to an aromatic ring is 1. The molecule has 3 aliphatic rings. The number of aliphatic carboxylic acids is 1. The number of amides is 1. The first-order chi connectivity index (χ1) is 18.5. The molecule has 8 heteroatoms. The minimum absolute atomic E-state index is 0.196. The lowest BCUT2D eigenvalue weighted by Crippen LogP contribution is -2.33. The number of carboxylic acids is 1. The molecule has 1 fully saturated rings. The third-order valence-corrected chi connectivity index (χ3v) is 8.35. The van der Waals surface area contributed by atoms with Crippen molar-refractivity contribution in [2.75, 3.05) is 18.9 Å². The molecule has 1 amide bonds. The second kappa shape index (κ2) is 13.8. The number of unbranched alkanes of at least 4 members (excludes halogenated alkanes) is 6. The minimum atomic E-state index is -0.693. The number of nitrogens with zero attached hydrogens (tertiary/aromatic N) is 3. The van der Waals surface area contributed by atoms with Crippen molar-refractivity contribution in [1.29, 1.82) is 0 Å². The SMILES string of the molecule is CCCCCCCCCc1nc(N)c2c(n1)OCCN(C1=CCC([C@H]3CC[C@H](CC(=O)O)CC3)C=C1)C2=O. The van der Waals surface area contributed by atoms with Crippen LogP contribution in [0.3, 0.4) is 0 Å². The Morgan fingerprint density at radius 2 is 1.84 bits per heavy atom. The van der Waals surface area contributed by atoms with Gasteiger partial charge in [-0.25, -0.2) is 4.98 Å². The maximum atomic E-state index is 13.5. The summed E-state index contributed by atoms with van der Waals surface area (Å²) in [5.41, 5.74) is 7.42. The first-order valence-electron chi connectivity index (χ1n) is 14.7. The van der Waals surface area contributed by atoms with Crippen molar-refractivity contribution in [2.45, 2.75) is 96.8 Å². The second-order valence-corrected chi connectivity index (χ2v) is 11.1. The summed E-state index contributed by atoms with van der Waals surface area (Å²) in [4.78, 5) is 35.3. The van der Waals surface area contributed by atoms with Crippen LogP contribution in [0.4, 0.5) is 5.82 Å². The van der Waals surface area contributed by atoms with Crippen LogP contribution in [0.15, 0.2) is 23.9 Å². The van der Waals surface area contributed by atoms with E-state index in [-0.39, 0.29) is 23.7 Å². The number of fused-ring (bicyclic) bond motifs is 1. The van der Waals surface area contributed by atoms with Crippen LogP contribution in [0.25, 0.3) is 0 Å². The van der Waals surface area contributed by atoms with Crippen LogP contribution in [0.2, 0.25) is 0 Å². The Morgan fingerprint density at radius 3 is 2.53 bits per heavy atom. The van der Waals surface area contributed by atoms with Crippen molar-refractivity contribution >= 4 is 17.7 Å². The summed E-state index contributed by atoms with van der Waals surface area (Å²) in [6, 6.07) is 0. The fourth-order valence-electron chi connectivity index (χ4n) is 6.12. The molecule has 1 saturated carbocycles. The first-order valence-corrected chi connectivity index (χ1v) is 14.7. The Morgan fingerprint density at radius 1 is 1.11 bits per heavy atom. The Labute approximate surface area is 226 Å². The molecule has 0 bridgehead atoms. The molecule has 208 valence electrons. The van der Waals surface area contributed by atoms with E-state index < -0.39 is 5.97 Å². The van der Waals surface area contributed by atoms with Crippen LogP contribution >= 0.6 is 0 Å². The molecule has 0 spiro atoms. The largest absolute Gasteiger partial charge is 0.481 e. The summed E-state index contributed by atoms with van der Waals surface area (Å²) in [5, 5.41) is 9.07. The summed E-state index contributed by atoms with van der Waals surface area (Å²) >= 11 is 0. The lowest BCUT2D eigenvalue weighted by molar-refractivity contribution is -0.138. The number of nitrogens with two attached hydrogens (primary N) is 1. The molecule has 0 saturated heterocycles. The van der Waals surface area contributed by atoms with Crippen molar-refractivity contribution in [3.63, 3.8) is 0 Å². The topological polar surface area (TPSA) is 119 Å². The summed E-state index contributed by atoms with van der Waals surface area (Å²) in [6.45, 7) is 3.02. The summed E-state index contributed by atoms with van der Waals surface area (Å²) in [5.74, 6) is 1.55. The smallest absolute Gasteiger partial charge is 0.303 e. The van der Waals surface area contributed by atoms with Crippen LogP contribution in [-0.4, -0.2) is 45.0 Å². The number of carbonyl (C=O) groups excluding carboxylic acids is 1. The van der Waals surface area contributed by atoms with Crippen LogP contribution in [0.1, 0.15) is 107 Å². The molecule has 3 N–H and O–H groups in total. The zero-order valence-electron chi connectivity index (χ0n) is 22.9. The van der Waals surface area contributed by atoms with Gasteiger partial charge < -0.3 is 20.5 Å². The van der Waals surface area contributed by atoms with E-state index in [1.54, 1.807) is 4.90 Å². The number of anilines is 1. The normalized spacial score (nSPS) is 23.4. The lowest BCUT2D eigenvalue weighted by atomic mass is 9.73. The average Bonchev–Trinajstić information content (AvgIpc) is 3.07.